The van der Waals surface area contributed by atoms with Crippen molar-refractivity contribution in [1.29, 1.82) is 0 Å². The standard InChI is InChI=1S/C22H24F3N5O/c23-22(24,25)16-6-1-2-7-17(16)28-21(31)15-30-11-5-10-29(12-13-30)14-20-26-18-8-3-4-9-19(18)27-20/h1-4,6-9H,5,10-15H2,(H,26,27)(H,28,31). The molecule has 31 heavy (non-hydrogen) atoms. The predicted molar refractivity (Wildman–Crippen MR) is 113 cm³/mol. The average Bonchev–Trinajstić information content (AvgIpc) is 3.01. The van der Waals surface area contributed by atoms with Crippen LogP contribution in [0.2, 0.25) is 0 Å². The van der Waals surface area contributed by atoms with Crippen LogP contribution in [-0.4, -0.2) is 58.4 Å². The van der Waals surface area contributed by atoms with Crippen LogP contribution in [0, 0.1) is 0 Å². The number of alkyl halides is 3. The zero-order valence-electron chi connectivity index (χ0n) is 17.0. The summed E-state index contributed by atoms with van der Waals surface area (Å²) in [6, 6.07) is 12.9. The number of rotatable bonds is 5. The van der Waals surface area contributed by atoms with Gasteiger partial charge in [0.25, 0.3) is 0 Å². The van der Waals surface area contributed by atoms with Crippen LogP contribution in [0.25, 0.3) is 11.0 Å². The monoisotopic (exact) mass is 431 g/mol. The number of carbonyl (C=O) groups is 1. The Morgan fingerprint density at radius 1 is 1.00 bits per heavy atom. The van der Waals surface area contributed by atoms with Gasteiger partial charge in [-0.1, -0.05) is 24.3 Å². The first-order valence-electron chi connectivity index (χ1n) is 10.2. The van der Waals surface area contributed by atoms with E-state index in [2.05, 4.69) is 20.2 Å². The summed E-state index contributed by atoms with van der Waals surface area (Å²) in [5.74, 6) is 0.457. The minimum absolute atomic E-state index is 0.0602. The predicted octanol–water partition coefficient (Wildman–Crippen LogP) is 3.73. The van der Waals surface area contributed by atoms with Crippen LogP contribution >= 0.6 is 0 Å². The molecule has 1 saturated heterocycles. The van der Waals surface area contributed by atoms with E-state index in [1.807, 2.05) is 29.2 Å². The molecule has 164 valence electrons. The Balaban J connectivity index is 1.31. The highest BCUT2D eigenvalue weighted by Gasteiger charge is 2.33. The number of hydrogen-bond donors (Lipinski definition) is 2. The van der Waals surface area contributed by atoms with E-state index in [1.54, 1.807) is 0 Å². The van der Waals surface area contributed by atoms with E-state index >= 15 is 0 Å². The maximum Gasteiger partial charge on any atom is 0.418 e. The SMILES string of the molecule is O=C(CN1CCCN(Cc2nc3ccccc3[nH]2)CC1)Nc1ccccc1C(F)(F)F. The van der Waals surface area contributed by atoms with Crippen molar-refractivity contribution in [3.05, 3.63) is 59.9 Å². The minimum Gasteiger partial charge on any atom is -0.341 e. The van der Waals surface area contributed by atoms with Gasteiger partial charge in [0.1, 0.15) is 5.82 Å². The van der Waals surface area contributed by atoms with E-state index in [0.717, 1.165) is 42.4 Å². The Kier molecular flexibility index (Phi) is 6.24. The first-order chi connectivity index (χ1) is 14.9. The zero-order chi connectivity index (χ0) is 21.8. The number of nitrogens with one attached hydrogen (secondary N) is 2. The van der Waals surface area contributed by atoms with Crippen LogP contribution in [0.3, 0.4) is 0 Å². The summed E-state index contributed by atoms with van der Waals surface area (Å²) in [5.41, 5.74) is 0.895. The van der Waals surface area contributed by atoms with Crippen molar-refractivity contribution < 1.29 is 18.0 Å². The highest BCUT2D eigenvalue weighted by molar-refractivity contribution is 5.93. The highest BCUT2D eigenvalue weighted by atomic mass is 19.4. The number of aromatic nitrogens is 2. The number of fused-ring (bicyclic) bond motifs is 1. The smallest absolute Gasteiger partial charge is 0.341 e. The van der Waals surface area contributed by atoms with Crippen LogP contribution in [0.15, 0.2) is 48.5 Å². The second kappa shape index (κ2) is 9.07. The van der Waals surface area contributed by atoms with Gasteiger partial charge >= 0.3 is 6.18 Å². The molecule has 0 saturated carbocycles. The Morgan fingerprint density at radius 3 is 2.52 bits per heavy atom. The topological polar surface area (TPSA) is 64.3 Å². The number of carbonyl (C=O) groups excluding carboxylic acids is 1. The van der Waals surface area contributed by atoms with Crippen LogP contribution in [-0.2, 0) is 17.5 Å². The van der Waals surface area contributed by atoms with Gasteiger partial charge in [-0.15, -0.1) is 0 Å². The van der Waals surface area contributed by atoms with Gasteiger partial charge in [0.05, 0.1) is 35.4 Å². The third-order valence-electron chi connectivity index (χ3n) is 5.37. The quantitative estimate of drug-likeness (QED) is 0.646. The lowest BCUT2D eigenvalue weighted by atomic mass is 10.1. The van der Waals surface area contributed by atoms with Gasteiger partial charge < -0.3 is 10.3 Å². The molecule has 2 N–H and O–H groups in total. The number of hydrogen-bond acceptors (Lipinski definition) is 4. The fraction of sp³-hybridized carbons (Fsp3) is 0.364. The first-order valence-corrected chi connectivity index (χ1v) is 10.2. The molecule has 1 aliphatic rings. The summed E-state index contributed by atoms with van der Waals surface area (Å²) >= 11 is 0. The number of anilines is 1. The van der Waals surface area contributed by atoms with Gasteiger partial charge in [0, 0.05) is 13.1 Å². The number of imidazole rings is 1. The summed E-state index contributed by atoms with van der Waals surface area (Å²) in [5, 5.41) is 2.42. The molecule has 0 atom stereocenters. The molecule has 1 aliphatic heterocycles. The molecule has 0 bridgehead atoms. The van der Waals surface area contributed by atoms with Crippen LogP contribution in [0.5, 0.6) is 0 Å². The molecule has 1 fully saturated rings. The molecule has 1 amide bonds. The lowest BCUT2D eigenvalue weighted by Crippen LogP contribution is -2.36. The maximum atomic E-state index is 13.1. The molecule has 0 spiro atoms. The van der Waals surface area contributed by atoms with E-state index in [1.165, 1.54) is 18.2 Å². The van der Waals surface area contributed by atoms with Crippen LogP contribution < -0.4 is 5.32 Å². The second-order valence-electron chi connectivity index (χ2n) is 7.70. The number of halogens is 3. The van der Waals surface area contributed by atoms with E-state index < -0.39 is 17.6 Å². The summed E-state index contributed by atoms with van der Waals surface area (Å²) in [6.07, 6.45) is -3.64. The average molecular weight is 431 g/mol. The number of amides is 1. The lowest BCUT2D eigenvalue weighted by Gasteiger charge is -2.21. The van der Waals surface area contributed by atoms with Gasteiger partial charge in [0.15, 0.2) is 0 Å². The number of para-hydroxylation sites is 3. The molecule has 3 aromatic rings. The number of H-pyrrole nitrogens is 1. The first kappa shape index (κ1) is 21.3. The van der Waals surface area contributed by atoms with Crippen LogP contribution in [0.4, 0.5) is 18.9 Å². The third-order valence-corrected chi connectivity index (χ3v) is 5.37. The molecule has 0 aliphatic carbocycles. The van der Waals surface area contributed by atoms with Crippen molar-refractivity contribution in [2.24, 2.45) is 0 Å². The molecular weight excluding hydrogens is 407 g/mol. The second-order valence-corrected chi connectivity index (χ2v) is 7.70. The molecular formula is C22H24F3N5O. The fourth-order valence-corrected chi connectivity index (χ4v) is 3.87. The van der Waals surface area contributed by atoms with Crippen LogP contribution in [0.1, 0.15) is 17.8 Å². The Hall–Kier alpha value is -2.91. The summed E-state index contributed by atoms with van der Waals surface area (Å²) < 4.78 is 39.4. The minimum atomic E-state index is -4.51. The number of benzene rings is 2. The lowest BCUT2D eigenvalue weighted by molar-refractivity contribution is -0.137. The van der Waals surface area contributed by atoms with Gasteiger partial charge in [-0.2, -0.15) is 13.2 Å². The van der Waals surface area contributed by atoms with Crippen molar-refractivity contribution >= 4 is 22.6 Å². The van der Waals surface area contributed by atoms with E-state index in [0.29, 0.717) is 19.6 Å². The van der Waals surface area contributed by atoms with Crippen molar-refractivity contribution in [3.8, 4) is 0 Å². The van der Waals surface area contributed by atoms with Gasteiger partial charge in [0.2, 0.25) is 5.91 Å². The third kappa shape index (κ3) is 5.42. The largest absolute Gasteiger partial charge is 0.418 e. The van der Waals surface area contributed by atoms with E-state index in [9.17, 15) is 18.0 Å². The Bertz CT molecular complexity index is 1020. The zero-order valence-corrected chi connectivity index (χ0v) is 17.0. The molecule has 4 rings (SSSR count). The fourth-order valence-electron chi connectivity index (χ4n) is 3.87. The Morgan fingerprint density at radius 2 is 1.71 bits per heavy atom. The van der Waals surface area contributed by atoms with Crippen molar-refractivity contribution in [2.75, 3.05) is 38.0 Å². The van der Waals surface area contributed by atoms with Gasteiger partial charge in [-0.3, -0.25) is 14.6 Å². The Labute approximate surface area is 178 Å². The summed E-state index contributed by atoms with van der Waals surface area (Å²) in [7, 11) is 0. The number of nitrogens with zero attached hydrogens (tertiary/aromatic N) is 3. The molecule has 9 heteroatoms. The normalized spacial score (nSPS) is 16.4. The molecule has 2 aromatic carbocycles. The van der Waals surface area contributed by atoms with Gasteiger partial charge in [-0.05, 0) is 43.8 Å². The highest BCUT2D eigenvalue weighted by Crippen LogP contribution is 2.34. The maximum absolute atomic E-state index is 13.1. The summed E-state index contributed by atoms with van der Waals surface area (Å²) in [4.78, 5) is 24.6. The van der Waals surface area contributed by atoms with Crippen molar-refractivity contribution in [1.82, 2.24) is 19.8 Å². The molecule has 2 heterocycles. The molecule has 1 aromatic heterocycles. The summed E-state index contributed by atoms with van der Waals surface area (Å²) in [6.45, 7) is 3.74. The van der Waals surface area contributed by atoms with Crippen molar-refractivity contribution in [2.45, 2.75) is 19.1 Å². The van der Waals surface area contributed by atoms with E-state index in [-0.39, 0.29) is 12.2 Å². The molecule has 0 radical (unpaired) electrons. The van der Waals surface area contributed by atoms with Gasteiger partial charge in [-0.25, -0.2) is 4.98 Å². The molecule has 0 unspecified atom stereocenters. The molecule has 6 nitrogen and oxygen atoms in total. The van der Waals surface area contributed by atoms with Crippen molar-refractivity contribution in [3.63, 3.8) is 0 Å². The van der Waals surface area contributed by atoms with E-state index in [4.69, 9.17) is 0 Å². The number of aromatic amines is 1.